The SMILES string of the molecule is COC1(c2ccccc2C(C)N)CC1. The molecule has 0 bridgehead atoms. The highest BCUT2D eigenvalue weighted by Crippen LogP contribution is 2.50. The third kappa shape index (κ3) is 1.45. The van der Waals surface area contributed by atoms with Crippen LogP contribution in [-0.2, 0) is 10.3 Å². The Morgan fingerprint density at radius 2 is 2.00 bits per heavy atom. The van der Waals surface area contributed by atoms with Crippen molar-refractivity contribution in [1.29, 1.82) is 0 Å². The van der Waals surface area contributed by atoms with Crippen molar-refractivity contribution in [3.05, 3.63) is 35.4 Å². The minimum Gasteiger partial charge on any atom is -0.374 e. The number of methoxy groups -OCH3 is 1. The molecule has 1 atom stereocenters. The summed E-state index contributed by atoms with van der Waals surface area (Å²) in [5.41, 5.74) is 8.40. The summed E-state index contributed by atoms with van der Waals surface area (Å²) in [6, 6.07) is 8.40. The first kappa shape index (κ1) is 9.69. The van der Waals surface area contributed by atoms with E-state index in [2.05, 4.69) is 18.2 Å². The van der Waals surface area contributed by atoms with Crippen molar-refractivity contribution in [2.75, 3.05) is 7.11 Å². The van der Waals surface area contributed by atoms with Crippen LogP contribution in [0.3, 0.4) is 0 Å². The summed E-state index contributed by atoms with van der Waals surface area (Å²) in [5, 5.41) is 0. The lowest BCUT2D eigenvalue weighted by Crippen LogP contribution is -2.16. The lowest BCUT2D eigenvalue weighted by molar-refractivity contribution is 0.0779. The smallest absolute Gasteiger partial charge is 0.0933 e. The van der Waals surface area contributed by atoms with E-state index in [1.165, 1.54) is 11.1 Å². The van der Waals surface area contributed by atoms with E-state index in [1.807, 2.05) is 13.0 Å². The third-order valence-electron chi connectivity index (χ3n) is 3.04. The summed E-state index contributed by atoms with van der Waals surface area (Å²) in [6.45, 7) is 2.02. The minimum atomic E-state index is -0.0236. The molecule has 1 unspecified atom stereocenters. The summed E-state index contributed by atoms with van der Waals surface area (Å²) < 4.78 is 5.57. The highest BCUT2D eigenvalue weighted by Gasteiger charge is 2.46. The monoisotopic (exact) mass is 191 g/mol. The summed E-state index contributed by atoms with van der Waals surface area (Å²) in [6.07, 6.45) is 2.24. The van der Waals surface area contributed by atoms with E-state index >= 15 is 0 Å². The van der Waals surface area contributed by atoms with E-state index in [9.17, 15) is 0 Å². The molecule has 0 radical (unpaired) electrons. The molecule has 14 heavy (non-hydrogen) atoms. The molecule has 1 aliphatic rings. The molecule has 1 saturated carbocycles. The highest BCUT2D eigenvalue weighted by molar-refractivity contribution is 5.37. The van der Waals surface area contributed by atoms with E-state index in [4.69, 9.17) is 10.5 Å². The quantitative estimate of drug-likeness (QED) is 0.796. The van der Waals surface area contributed by atoms with Crippen molar-refractivity contribution in [3.8, 4) is 0 Å². The number of benzene rings is 1. The van der Waals surface area contributed by atoms with Crippen molar-refractivity contribution in [2.24, 2.45) is 5.73 Å². The second-order valence-electron chi connectivity index (χ2n) is 4.07. The topological polar surface area (TPSA) is 35.2 Å². The molecule has 0 aliphatic heterocycles. The van der Waals surface area contributed by atoms with Crippen LogP contribution in [0.15, 0.2) is 24.3 Å². The lowest BCUT2D eigenvalue weighted by Gasteiger charge is -2.19. The molecular formula is C12H17NO. The number of hydrogen-bond acceptors (Lipinski definition) is 2. The van der Waals surface area contributed by atoms with Crippen LogP contribution in [0.4, 0.5) is 0 Å². The molecule has 1 aromatic carbocycles. The molecule has 1 aromatic rings. The zero-order valence-corrected chi connectivity index (χ0v) is 8.79. The van der Waals surface area contributed by atoms with Gasteiger partial charge in [0.05, 0.1) is 5.60 Å². The van der Waals surface area contributed by atoms with Gasteiger partial charge in [-0.2, -0.15) is 0 Å². The Balaban J connectivity index is 2.42. The number of nitrogens with two attached hydrogens (primary N) is 1. The maximum absolute atomic E-state index is 5.94. The van der Waals surface area contributed by atoms with Gasteiger partial charge in [-0.1, -0.05) is 24.3 Å². The van der Waals surface area contributed by atoms with Gasteiger partial charge < -0.3 is 10.5 Å². The van der Waals surface area contributed by atoms with Gasteiger partial charge in [-0.25, -0.2) is 0 Å². The maximum Gasteiger partial charge on any atom is 0.0933 e. The molecule has 2 N–H and O–H groups in total. The minimum absolute atomic E-state index is 0.0236. The van der Waals surface area contributed by atoms with E-state index < -0.39 is 0 Å². The Morgan fingerprint density at radius 1 is 1.36 bits per heavy atom. The Labute approximate surface area is 85.1 Å². The first-order chi connectivity index (χ1) is 6.69. The fourth-order valence-electron chi connectivity index (χ4n) is 2.01. The third-order valence-corrected chi connectivity index (χ3v) is 3.04. The van der Waals surface area contributed by atoms with E-state index in [1.54, 1.807) is 7.11 Å². The van der Waals surface area contributed by atoms with Gasteiger partial charge in [0.25, 0.3) is 0 Å². The average Bonchev–Trinajstić information content (AvgIpc) is 2.98. The zero-order chi connectivity index (χ0) is 10.2. The van der Waals surface area contributed by atoms with Crippen LogP contribution in [0.2, 0.25) is 0 Å². The molecule has 0 amide bonds. The van der Waals surface area contributed by atoms with Crippen LogP contribution in [0, 0.1) is 0 Å². The van der Waals surface area contributed by atoms with E-state index in [0.29, 0.717) is 0 Å². The first-order valence-corrected chi connectivity index (χ1v) is 5.10. The van der Waals surface area contributed by atoms with Gasteiger partial charge >= 0.3 is 0 Å². The van der Waals surface area contributed by atoms with Gasteiger partial charge in [-0.05, 0) is 30.9 Å². The molecule has 1 fully saturated rings. The van der Waals surface area contributed by atoms with Gasteiger partial charge in [0.2, 0.25) is 0 Å². The molecule has 0 saturated heterocycles. The van der Waals surface area contributed by atoms with Gasteiger partial charge in [-0.15, -0.1) is 0 Å². The standard InChI is InChI=1S/C12H17NO/c1-9(13)10-5-3-4-6-11(10)12(14-2)7-8-12/h3-6,9H,7-8,13H2,1-2H3. The van der Waals surface area contributed by atoms with Crippen LogP contribution in [0.25, 0.3) is 0 Å². The fourth-order valence-corrected chi connectivity index (χ4v) is 2.01. The van der Waals surface area contributed by atoms with Crippen molar-refractivity contribution < 1.29 is 4.74 Å². The highest BCUT2D eigenvalue weighted by atomic mass is 16.5. The number of hydrogen-bond donors (Lipinski definition) is 1. The van der Waals surface area contributed by atoms with Gasteiger partial charge in [0.15, 0.2) is 0 Å². The molecule has 2 rings (SSSR count). The average molecular weight is 191 g/mol. The van der Waals surface area contributed by atoms with E-state index in [-0.39, 0.29) is 11.6 Å². The Morgan fingerprint density at radius 3 is 2.50 bits per heavy atom. The maximum atomic E-state index is 5.94. The molecule has 0 aromatic heterocycles. The zero-order valence-electron chi connectivity index (χ0n) is 8.79. The molecule has 0 spiro atoms. The fraction of sp³-hybridized carbons (Fsp3) is 0.500. The molecular weight excluding hydrogens is 174 g/mol. The van der Waals surface area contributed by atoms with Crippen LogP contribution in [0.1, 0.15) is 36.9 Å². The molecule has 1 aliphatic carbocycles. The first-order valence-electron chi connectivity index (χ1n) is 5.10. The second-order valence-corrected chi connectivity index (χ2v) is 4.07. The summed E-state index contributed by atoms with van der Waals surface area (Å²) in [5.74, 6) is 0. The predicted molar refractivity (Wildman–Crippen MR) is 57.0 cm³/mol. The largest absolute Gasteiger partial charge is 0.374 e. The summed E-state index contributed by atoms with van der Waals surface area (Å²) in [7, 11) is 1.78. The normalized spacial score (nSPS) is 20.5. The Kier molecular flexibility index (Phi) is 2.33. The van der Waals surface area contributed by atoms with Crippen LogP contribution < -0.4 is 5.73 Å². The van der Waals surface area contributed by atoms with Crippen LogP contribution >= 0.6 is 0 Å². The van der Waals surface area contributed by atoms with Gasteiger partial charge in [0, 0.05) is 13.2 Å². The Bertz CT molecular complexity index is 329. The number of rotatable bonds is 3. The molecule has 76 valence electrons. The number of ether oxygens (including phenoxy) is 1. The second kappa shape index (κ2) is 3.37. The predicted octanol–water partition coefficient (Wildman–Crippen LogP) is 2.34. The van der Waals surface area contributed by atoms with Crippen molar-refractivity contribution in [1.82, 2.24) is 0 Å². The van der Waals surface area contributed by atoms with Gasteiger partial charge in [-0.3, -0.25) is 0 Å². The van der Waals surface area contributed by atoms with Gasteiger partial charge in [0.1, 0.15) is 0 Å². The van der Waals surface area contributed by atoms with Crippen molar-refractivity contribution >= 4 is 0 Å². The summed E-state index contributed by atoms with van der Waals surface area (Å²) >= 11 is 0. The lowest BCUT2D eigenvalue weighted by atomic mass is 9.96. The van der Waals surface area contributed by atoms with Crippen LogP contribution in [0.5, 0.6) is 0 Å². The molecule has 2 nitrogen and oxygen atoms in total. The van der Waals surface area contributed by atoms with E-state index in [0.717, 1.165) is 12.8 Å². The molecule has 0 heterocycles. The Hall–Kier alpha value is -0.860. The van der Waals surface area contributed by atoms with Crippen molar-refractivity contribution in [2.45, 2.75) is 31.4 Å². The van der Waals surface area contributed by atoms with Crippen molar-refractivity contribution in [3.63, 3.8) is 0 Å². The molecule has 2 heteroatoms. The summed E-state index contributed by atoms with van der Waals surface area (Å²) in [4.78, 5) is 0. The van der Waals surface area contributed by atoms with Crippen LogP contribution in [-0.4, -0.2) is 7.11 Å².